The van der Waals surface area contributed by atoms with E-state index in [2.05, 4.69) is 155 Å². The second-order valence-corrected chi connectivity index (χ2v) is 15.2. The third kappa shape index (κ3) is 5.22. The first kappa shape index (κ1) is 31.8. The molecule has 0 unspecified atom stereocenters. The topological polar surface area (TPSA) is 44.7 Å². The molecule has 1 saturated heterocycles. The van der Waals surface area contributed by atoms with Crippen molar-refractivity contribution in [1.29, 1.82) is 0 Å². The first-order valence-corrected chi connectivity index (χ1v) is 18.3. The van der Waals surface area contributed by atoms with E-state index >= 15 is 0 Å². The molecule has 0 N–H and O–H groups in total. The Morgan fingerprint density at radius 1 is 0.377 bits per heavy atom. The number of hydrogen-bond acceptors (Lipinski definition) is 4. The molecular weight excluding hydrogens is 651 g/mol. The van der Waals surface area contributed by atoms with Crippen molar-refractivity contribution < 1.29 is 18.1 Å². The molecule has 3 heterocycles. The Balaban J connectivity index is 1.11. The van der Waals surface area contributed by atoms with Crippen LogP contribution >= 0.6 is 0 Å². The van der Waals surface area contributed by atoms with Gasteiger partial charge in [0, 0.05) is 32.7 Å². The van der Waals surface area contributed by atoms with Gasteiger partial charge in [-0.2, -0.15) is 0 Å². The van der Waals surface area contributed by atoms with Gasteiger partial charge in [-0.1, -0.05) is 121 Å². The molecule has 1 aliphatic rings. The minimum absolute atomic E-state index is 0.468. The van der Waals surface area contributed by atoms with Crippen molar-refractivity contribution >= 4 is 56.5 Å². The third-order valence-corrected chi connectivity index (χ3v) is 11.3. The fraction of sp³-hybridized carbons (Fsp3) is 0.125. The van der Waals surface area contributed by atoms with E-state index in [0.29, 0.717) is 0 Å². The first-order chi connectivity index (χ1) is 25.7. The molecule has 0 radical (unpaired) electrons. The molecule has 10 rings (SSSR count). The van der Waals surface area contributed by atoms with E-state index in [1.165, 1.54) is 0 Å². The summed E-state index contributed by atoms with van der Waals surface area (Å²) in [5.74, 6) is 0. The van der Waals surface area contributed by atoms with E-state index in [0.717, 1.165) is 93.8 Å². The summed E-state index contributed by atoms with van der Waals surface area (Å²) in [6.07, 6.45) is 0. The summed E-state index contributed by atoms with van der Waals surface area (Å²) in [4.78, 5) is 0. The van der Waals surface area contributed by atoms with Crippen molar-refractivity contribution in [3.8, 4) is 44.5 Å². The smallest absolute Gasteiger partial charge is 0.455 e. The molecule has 7 aromatic carbocycles. The highest BCUT2D eigenvalue weighted by atomic mass is 16.7. The standard InChI is InChI=1S/C48H37BO4/c1-47(2)48(3,4)53-49(52-47)36-28-34(30-13-9-15-32(25-30)37-19-11-21-41-39-17-5-7-23-43(39)50-45(37)41)27-35(29-36)31-14-10-16-33(26-31)38-20-12-22-42-40-18-6-8-24-44(40)51-46(38)42/h5-29H,1-4H3. The monoisotopic (exact) mass is 688 g/mol. The number of fused-ring (bicyclic) bond motifs is 6. The van der Waals surface area contributed by atoms with Crippen molar-refractivity contribution in [1.82, 2.24) is 0 Å². The van der Waals surface area contributed by atoms with Crippen molar-refractivity contribution in [2.24, 2.45) is 0 Å². The van der Waals surface area contributed by atoms with E-state index in [1.807, 2.05) is 24.3 Å². The Kier molecular flexibility index (Phi) is 7.10. The van der Waals surface area contributed by atoms with E-state index in [1.54, 1.807) is 0 Å². The Bertz CT molecular complexity index is 2680. The largest absolute Gasteiger partial charge is 0.494 e. The lowest BCUT2D eigenvalue weighted by atomic mass is 9.76. The fourth-order valence-electron chi connectivity index (χ4n) is 7.78. The van der Waals surface area contributed by atoms with E-state index in [-0.39, 0.29) is 0 Å². The first-order valence-electron chi connectivity index (χ1n) is 18.3. The van der Waals surface area contributed by atoms with Crippen LogP contribution in [0.15, 0.2) is 160 Å². The Morgan fingerprint density at radius 2 is 0.774 bits per heavy atom. The molecule has 0 atom stereocenters. The highest BCUT2D eigenvalue weighted by Gasteiger charge is 2.51. The summed E-state index contributed by atoms with van der Waals surface area (Å²) in [5.41, 5.74) is 12.3. The van der Waals surface area contributed by atoms with Crippen LogP contribution in [0.1, 0.15) is 27.7 Å². The molecule has 0 amide bonds. The van der Waals surface area contributed by atoms with E-state index in [9.17, 15) is 0 Å². The van der Waals surface area contributed by atoms with Crippen LogP contribution in [-0.4, -0.2) is 18.3 Å². The van der Waals surface area contributed by atoms with Gasteiger partial charge in [-0.15, -0.1) is 0 Å². The molecule has 4 nitrogen and oxygen atoms in total. The maximum Gasteiger partial charge on any atom is 0.494 e. The van der Waals surface area contributed by atoms with Gasteiger partial charge in [-0.05, 0) is 96.9 Å². The quantitative estimate of drug-likeness (QED) is 0.169. The lowest BCUT2D eigenvalue weighted by Crippen LogP contribution is -2.41. The second-order valence-electron chi connectivity index (χ2n) is 15.2. The van der Waals surface area contributed by atoms with Crippen LogP contribution in [0.3, 0.4) is 0 Å². The highest BCUT2D eigenvalue weighted by Crippen LogP contribution is 2.41. The number of hydrogen-bond donors (Lipinski definition) is 0. The van der Waals surface area contributed by atoms with Gasteiger partial charge in [0.2, 0.25) is 0 Å². The van der Waals surface area contributed by atoms with Crippen LogP contribution in [0.25, 0.3) is 88.4 Å². The lowest BCUT2D eigenvalue weighted by Gasteiger charge is -2.32. The van der Waals surface area contributed by atoms with Crippen LogP contribution < -0.4 is 5.46 Å². The van der Waals surface area contributed by atoms with Gasteiger partial charge >= 0.3 is 7.12 Å². The minimum atomic E-state index is -0.515. The van der Waals surface area contributed by atoms with E-state index in [4.69, 9.17) is 18.1 Å². The zero-order valence-corrected chi connectivity index (χ0v) is 30.1. The van der Waals surface area contributed by atoms with E-state index < -0.39 is 18.3 Å². The van der Waals surface area contributed by atoms with Crippen LogP contribution in [0.5, 0.6) is 0 Å². The van der Waals surface area contributed by atoms with Gasteiger partial charge in [0.1, 0.15) is 22.3 Å². The molecule has 9 aromatic rings. The normalized spacial score (nSPS) is 15.3. The van der Waals surface area contributed by atoms with Crippen molar-refractivity contribution in [2.75, 3.05) is 0 Å². The molecule has 0 spiro atoms. The second kappa shape index (κ2) is 11.8. The van der Waals surface area contributed by atoms with Gasteiger partial charge in [-0.25, -0.2) is 0 Å². The van der Waals surface area contributed by atoms with Crippen LogP contribution in [0, 0.1) is 0 Å². The van der Waals surface area contributed by atoms with Crippen LogP contribution in [-0.2, 0) is 9.31 Å². The van der Waals surface area contributed by atoms with Gasteiger partial charge < -0.3 is 18.1 Å². The molecule has 2 aromatic heterocycles. The van der Waals surface area contributed by atoms with Crippen molar-refractivity contribution in [3.05, 3.63) is 152 Å². The van der Waals surface area contributed by atoms with Gasteiger partial charge in [0.05, 0.1) is 11.2 Å². The summed E-state index contributed by atoms with van der Waals surface area (Å²) < 4.78 is 26.1. The molecule has 256 valence electrons. The molecular formula is C48H37BO4. The summed E-state index contributed by atoms with van der Waals surface area (Å²) in [6.45, 7) is 8.40. The number of furan rings is 2. The number of benzene rings is 7. The lowest BCUT2D eigenvalue weighted by molar-refractivity contribution is 0.00578. The highest BCUT2D eigenvalue weighted by molar-refractivity contribution is 6.62. The molecule has 5 heteroatoms. The Hall–Kier alpha value is -5.88. The summed E-state index contributed by atoms with van der Waals surface area (Å²) in [5, 5.41) is 4.48. The molecule has 1 fully saturated rings. The zero-order chi connectivity index (χ0) is 35.9. The summed E-state index contributed by atoms with van der Waals surface area (Å²) in [6, 6.07) is 53.4. The Morgan fingerprint density at radius 3 is 1.26 bits per heavy atom. The third-order valence-electron chi connectivity index (χ3n) is 11.3. The summed E-state index contributed by atoms with van der Waals surface area (Å²) in [7, 11) is -0.515. The molecule has 0 saturated carbocycles. The predicted octanol–water partition coefficient (Wildman–Crippen LogP) is 12.5. The van der Waals surface area contributed by atoms with Gasteiger partial charge in [-0.3, -0.25) is 0 Å². The summed E-state index contributed by atoms with van der Waals surface area (Å²) >= 11 is 0. The maximum atomic E-state index is 6.62. The SMILES string of the molecule is CC1(C)OB(c2cc(-c3cccc(-c4cccc5c4oc4ccccc45)c3)cc(-c3cccc(-c4cccc5c4oc4ccccc45)c3)c2)OC1(C)C. The minimum Gasteiger partial charge on any atom is -0.455 e. The number of rotatable bonds is 5. The van der Waals surface area contributed by atoms with Gasteiger partial charge in [0.25, 0.3) is 0 Å². The van der Waals surface area contributed by atoms with Crippen LogP contribution in [0.2, 0.25) is 0 Å². The Labute approximate surface area is 308 Å². The molecule has 53 heavy (non-hydrogen) atoms. The van der Waals surface area contributed by atoms with Crippen molar-refractivity contribution in [2.45, 2.75) is 38.9 Å². The average molecular weight is 689 g/mol. The maximum absolute atomic E-state index is 6.62. The molecule has 1 aliphatic heterocycles. The van der Waals surface area contributed by atoms with Gasteiger partial charge in [0.15, 0.2) is 0 Å². The molecule has 0 bridgehead atoms. The van der Waals surface area contributed by atoms with Crippen LogP contribution in [0.4, 0.5) is 0 Å². The predicted molar refractivity (Wildman–Crippen MR) is 218 cm³/mol. The zero-order valence-electron chi connectivity index (χ0n) is 30.1. The number of para-hydroxylation sites is 4. The van der Waals surface area contributed by atoms with Crippen molar-refractivity contribution in [3.63, 3.8) is 0 Å². The fourth-order valence-corrected chi connectivity index (χ4v) is 7.78. The molecule has 0 aliphatic carbocycles. The average Bonchev–Trinajstić information content (AvgIpc) is 3.82.